The molecule has 1 aromatic heterocycles. The maximum Gasteiger partial charge on any atom is 0.163 e. The maximum atomic E-state index is 8.99. The smallest absolute Gasteiger partial charge is 0.163 e. The van der Waals surface area contributed by atoms with Crippen LogP contribution in [0, 0.1) is 22.7 Å². The molecule has 2 rings (SSSR count). The number of anilines is 1. The van der Waals surface area contributed by atoms with E-state index in [1.54, 1.807) is 6.20 Å². The molecule has 1 saturated carbocycles. The summed E-state index contributed by atoms with van der Waals surface area (Å²) in [7, 11) is 0. The minimum absolute atomic E-state index is 0.451. The minimum atomic E-state index is 0.451. The van der Waals surface area contributed by atoms with Gasteiger partial charge in [-0.1, -0.05) is 0 Å². The molecule has 0 radical (unpaired) electrons. The zero-order valence-electron chi connectivity index (χ0n) is 8.93. The third-order valence-corrected chi connectivity index (χ3v) is 2.65. The van der Waals surface area contributed by atoms with Gasteiger partial charge in [0, 0.05) is 18.8 Å². The van der Waals surface area contributed by atoms with Gasteiger partial charge < -0.3 is 4.90 Å². The van der Waals surface area contributed by atoms with Crippen LogP contribution in [0.2, 0.25) is 0 Å². The first kappa shape index (κ1) is 10.4. The Kier molecular flexibility index (Phi) is 3.03. The lowest BCUT2D eigenvalue weighted by Gasteiger charge is -2.23. The number of aromatic nitrogens is 1. The van der Waals surface area contributed by atoms with Crippen LogP contribution in [-0.4, -0.2) is 17.6 Å². The molecule has 0 bridgehead atoms. The molecule has 1 aliphatic rings. The zero-order chi connectivity index (χ0) is 11.4. The highest BCUT2D eigenvalue weighted by molar-refractivity contribution is 5.57. The van der Waals surface area contributed by atoms with Gasteiger partial charge in [0.05, 0.1) is 18.2 Å². The third-order valence-electron chi connectivity index (χ3n) is 2.65. The SMILES string of the molecule is N#CCCN(c1cccnc1C#N)C1CC1. The van der Waals surface area contributed by atoms with E-state index in [1.165, 1.54) is 0 Å². The summed E-state index contributed by atoms with van der Waals surface area (Å²) >= 11 is 0. The van der Waals surface area contributed by atoms with Crippen LogP contribution in [0.1, 0.15) is 25.0 Å². The molecule has 1 heterocycles. The molecule has 80 valence electrons. The fraction of sp³-hybridized carbons (Fsp3) is 0.417. The van der Waals surface area contributed by atoms with Crippen LogP contribution in [0.3, 0.4) is 0 Å². The average Bonchev–Trinajstić information content (AvgIpc) is 3.14. The zero-order valence-corrected chi connectivity index (χ0v) is 8.93. The van der Waals surface area contributed by atoms with Crippen LogP contribution in [0.15, 0.2) is 18.3 Å². The van der Waals surface area contributed by atoms with Gasteiger partial charge in [-0.2, -0.15) is 10.5 Å². The Balaban J connectivity index is 2.25. The van der Waals surface area contributed by atoms with E-state index >= 15 is 0 Å². The highest BCUT2D eigenvalue weighted by Gasteiger charge is 2.30. The van der Waals surface area contributed by atoms with E-state index in [1.807, 2.05) is 12.1 Å². The summed E-state index contributed by atoms with van der Waals surface area (Å²) in [6.45, 7) is 0.682. The Morgan fingerprint density at radius 1 is 1.44 bits per heavy atom. The standard InChI is InChI=1S/C12H12N4/c13-6-2-8-16(10-4-5-10)12-3-1-7-15-11(12)9-14/h1,3,7,10H,2,4-5,8H2. The molecule has 4 heteroatoms. The van der Waals surface area contributed by atoms with E-state index in [0.717, 1.165) is 18.5 Å². The summed E-state index contributed by atoms with van der Waals surface area (Å²) in [6, 6.07) is 8.47. The highest BCUT2D eigenvalue weighted by atomic mass is 15.2. The maximum absolute atomic E-state index is 8.99. The van der Waals surface area contributed by atoms with Gasteiger partial charge >= 0.3 is 0 Å². The Labute approximate surface area is 94.7 Å². The molecule has 0 N–H and O–H groups in total. The molecule has 0 atom stereocenters. The second-order valence-corrected chi connectivity index (χ2v) is 3.82. The number of rotatable bonds is 4. The third kappa shape index (κ3) is 2.12. The lowest BCUT2D eigenvalue weighted by atomic mass is 10.2. The van der Waals surface area contributed by atoms with Crippen molar-refractivity contribution in [1.29, 1.82) is 10.5 Å². The van der Waals surface area contributed by atoms with Gasteiger partial charge in [-0.25, -0.2) is 4.98 Å². The van der Waals surface area contributed by atoms with Crippen LogP contribution in [0.5, 0.6) is 0 Å². The van der Waals surface area contributed by atoms with Gasteiger partial charge in [0.2, 0.25) is 0 Å². The number of nitriles is 2. The van der Waals surface area contributed by atoms with Crippen molar-refractivity contribution in [2.45, 2.75) is 25.3 Å². The summed E-state index contributed by atoms with van der Waals surface area (Å²) in [5, 5.41) is 17.6. The van der Waals surface area contributed by atoms with Gasteiger partial charge in [0.15, 0.2) is 5.69 Å². The number of hydrogen-bond acceptors (Lipinski definition) is 4. The fourth-order valence-corrected chi connectivity index (χ4v) is 1.77. The lowest BCUT2D eigenvalue weighted by Crippen LogP contribution is -2.27. The number of pyridine rings is 1. The Bertz CT molecular complexity index is 451. The van der Waals surface area contributed by atoms with E-state index in [2.05, 4.69) is 22.0 Å². The average molecular weight is 212 g/mol. The summed E-state index contributed by atoms with van der Waals surface area (Å²) < 4.78 is 0. The summed E-state index contributed by atoms with van der Waals surface area (Å²) in [5.41, 5.74) is 1.31. The van der Waals surface area contributed by atoms with Gasteiger partial charge in [-0.05, 0) is 25.0 Å². The molecular weight excluding hydrogens is 200 g/mol. The van der Waals surface area contributed by atoms with Gasteiger partial charge in [-0.3, -0.25) is 0 Å². The van der Waals surface area contributed by atoms with Crippen molar-refractivity contribution in [3.05, 3.63) is 24.0 Å². The van der Waals surface area contributed by atoms with E-state index < -0.39 is 0 Å². The van der Waals surface area contributed by atoms with Crippen LogP contribution in [0.4, 0.5) is 5.69 Å². The Morgan fingerprint density at radius 2 is 2.25 bits per heavy atom. The second kappa shape index (κ2) is 4.63. The van der Waals surface area contributed by atoms with Crippen molar-refractivity contribution in [1.82, 2.24) is 4.98 Å². The van der Waals surface area contributed by atoms with Crippen LogP contribution in [0.25, 0.3) is 0 Å². The molecule has 0 unspecified atom stereocenters. The number of nitrogens with zero attached hydrogens (tertiary/aromatic N) is 4. The van der Waals surface area contributed by atoms with Crippen molar-refractivity contribution < 1.29 is 0 Å². The first-order valence-corrected chi connectivity index (χ1v) is 5.35. The molecule has 0 spiro atoms. The van der Waals surface area contributed by atoms with Crippen molar-refractivity contribution in [3.8, 4) is 12.1 Å². The first-order valence-electron chi connectivity index (χ1n) is 5.35. The topological polar surface area (TPSA) is 63.7 Å². The van der Waals surface area contributed by atoms with E-state index in [0.29, 0.717) is 24.7 Å². The predicted molar refractivity (Wildman–Crippen MR) is 59.6 cm³/mol. The molecule has 0 aromatic carbocycles. The van der Waals surface area contributed by atoms with E-state index in [9.17, 15) is 0 Å². The first-order chi connectivity index (χ1) is 7.86. The van der Waals surface area contributed by atoms with Crippen molar-refractivity contribution >= 4 is 5.69 Å². The highest BCUT2D eigenvalue weighted by Crippen LogP contribution is 2.32. The van der Waals surface area contributed by atoms with Gasteiger partial charge in [0.1, 0.15) is 6.07 Å². The molecule has 1 aliphatic carbocycles. The molecular formula is C12H12N4. The molecule has 0 aliphatic heterocycles. The molecule has 0 saturated heterocycles. The minimum Gasteiger partial charge on any atom is -0.365 e. The summed E-state index contributed by atoms with van der Waals surface area (Å²) in [5.74, 6) is 0. The Morgan fingerprint density at radius 3 is 2.88 bits per heavy atom. The van der Waals surface area contributed by atoms with Crippen LogP contribution in [-0.2, 0) is 0 Å². The molecule has 16 heavy (non-hydrogen) atoms. The summed E-state index contributed by atoms with van der Waals surface area (Å²) in [6.07, 6.45) is 4.39. The van der Waals surface area contributed by atoms with Crippen molar-refractivity contribution in [2.24, 2.45) is 0 Å². The largest absolute Gasteiger partial charge is 0.365 e. The molecule has 0 amide bonds. The van der Waals surface area contributed by atoms with Crippen molar-refractivity contribution in [3.63, 3.8) is 0 Å². The molecule has 1 aromatic rings. The second-order valence-electron chi connectivity index (χ2n) is 3.82. The normalized spacial score (nSPS) is 13.9. The van der Waals surface area contributed by atoms with Crippen LogP contribution >= 0.6 is 0 Å². The quantitative estimate of drug-likeness (QED) is 0.763. The van der Waals surface area contributed by atoms with Gasteiger partial charge in [-0.15, -0.1) is 0 Å². The Hall–Kier alpha value is -2.07. The molecule has 1 fully saturated rings. The summed E-state index contributed by atoms with van der Waals surface area (Å²) in [4.78, 5) is 6.18. The van der Waals surface area contributed by atoms with E-state index in [4.69, 9.17) is 10.5 Å². The monoisotopic (exact) mass is 212 g/mol. The predicted octanol–water partition coefficient (Wildman–Crippen LogP) is 1.84. The van der Waals surface area contributed by atoms with Crippen LogP contribution < -0.4 is 4.90 Å². The lowest BCUT2D eigenvalue weighted by molar-refractivity contribution is 0.789. The van der Waals surface area contributed by atoms with Crippen molar-refractivity contribution in [2.75, 3.05) is 11.4 Å². The number of hydrogen-bond donors (Lipinski definition) is 0. The van der Waals surface area contributed by atoms with Gasteiger partial charge in [0.25, 0.3) is 0 Å². The molecule has 4 nitrogen and oxygen atoms in total. The fourth-order valence-electron chi connectivity index (χ4n) is 1.77. The van der Waals surface area contributed by atoms with E-state index in [-0.39, 0.29) is 0 Å².